The van der Waals surface area contributed by atoms with Crippen molar-refractivity contribution in [3.05, 3.63) is 0 Å². The van der Waals surface area contributed by atoms with Gasteiger partial charge in [-0.05, 0) is 0 Å². The first-order valence-corrected chi connectivity index (χ1v) is 20.0. The maximum atomic E-state index is 11.2. The van der Waals surface area contributed by atoms with E-state index in [4.69, 9.17) is 9.47 Å². The summed E-state index contributed by atoms with van der Waals surface area (Å²) in [6, 6.07) is 0. The van der Waals surface area contributed by atoms with Crippen LogP contribution in [-0.4, -0.2) is 32.0 Å². The molecule has 98 valence electrons. The molecule has 0 aromatic carbocycles. The van der Waals surface area contributed by atoms with Gasteiger partial charge in [-0.2, -0.15) is 0 Å². The van der Waals surface area contributed by atoms with Gasteiger partial charge in [0, 0.05) is 0 Å². The predicted molar refractivity (Wildman–Crippen MR) is 61.8 cm³/mol. The van der Waals surface area contributed by atoms with E-state index >= 15 is 0 Å². The summed E-state index contributed by atoms with van der Waals surface area (Å²) in [5, 5.41) is 0. The van der Waals surface area contributed by atoms with Crippen molar-refractivity contribution in [3.8, 4) is 0 Å². The summed E-state index contributed by atoms with van der Waals surface area (Å²) in [5.74, 6) is 0. The summed E-state index contributed by atoms with van der Waals surface area (Å²) in [7, 11) is 0. The summed E-state index contributed by atoms with van der Waals surface area (Å²) >= 11 is -2.93. The zero-order valence-electron chi connectivity index (χ0n) is 12.0. The third kappa shape index (κ3) is 9.98. The number of hydrogen-bond donors (Lipinski definition) is 0. The molecule has 6 heteroatoms. The standard InChI is InChI=1S/C8H16O2.2C2H3O.2Hg/c1-5-9-7(3)8(4)10-6-2;2*1-2-3;;/h7-8H,3-6H2,1-2H3;2*1H3;;. The Hall–Kier alpha value is 1.13. The van der Waals surface area contributed by atoms with Crippen LogP contribution in [0, 0.1) is 0 Å². The first kappa shape index (κ1) is 19.1. The van der Waals surface area contributed by atoms with Crippen molar-refractivity contribution in [2.24, 2.45) is 0 Å². The second kappa shape index (κ2) is 11.9. The Morgan fingerprint density at radius 1 is 0.889 bits per heavy atom. The maximum absolute atomic E-state index is 11.2. The normalized spacial score (nSPS) is 13.3. The van der Waals surface area contributed by atoms with Gasteiger partial charge in [-0.3, -0.25) is 0 Å². The topological polar surface area (TPSA) is 52.6 Å². The third-order valence-corrected chi connectivity index (χ3v) is 14.9. The molecule has 4 nitrogen and oxygen atoms in total. The van der Waals surface area contributed by atoms with Crippen molar-refractivity contribution in [3.63, 3.8) is 0 Å². The Morgan fingerprint density at radius 3 is 1.44 bits per heavy atom. The number of rotatable bonds is 11. The van der Waals surface area contributed by atoms with Gasteiger partial charge in [0.1, 0.15) is 0 Å². The van der Waals surface area contributed by atoms with Crippen LogP contribution in [0.5, 0.6) is 0 Å². The van der Waals surface area contributed by atoms with Gasteiger partial charge >= 0.3 is 136 Å². The van der Waals surface area contributed by atoms with Gasteiger partial charge in [0.25, 0.3) is 0 Å². The van der Waals surface area contributed by atoms with Crippen LogP contribution < -0.4 is 0 Å². The molecular formula is C12H22Hg2O4. The SMILES string of the molecule is CCOC([CH2][Hg][C](C)=O)C([CH2][Hg][C](C)=O)OCC. The molecule has 0 radical (unpaired) electrons. The molecule has 0 rings (SSSR count). The van der Waals surface area contributed by atoms with Crippen LogP contribution in [0.4, 0.5) is 0 Å². The predicted octanol–water partition coefficient (Wildman–Crippen LogP) is 1.89. The van der Waals surface area contributed by atoms with E-state index in [0.29, 0.717) is 19.8 Å². The van der Waals surface area contributed by atoms with Crippen LogP contribution in [0.3, 0.4) is 0 Å². The Morgan fingerprint density at radius 2 is 1.22 bits per heavy atom. The molecule has 0 saturated carbocycles. The summed E-state index contributed by atoms with van der Waals surface area (Å²) in [5.41, 5.74) is 0. The van der Waals surface area contributed by atoms with Crippen LogP contribution in [0.2, 0.25) is 7.86 Å². The van der Waals surface area contributed by atoms with Crippen molar-refractivity contribution in [2.75, 3.05) is 13.2 Å². The van der Waals surface area contributed by atoms with Crippen LogP contribution in [0.25, 0.3) is 0 Å². The summed E-state index contributed by atoms with van der Waals surface area (Å²) in [6.45, 7) is 8.62. The average molecular weight is 631 g/mol. The van der Waals surface area contributed by atoms with Gasteiger partial charge in [0.2, 0.25) is 0 Å². The number of ether oxygens (including phenoxy) is 2. The fourth-order valence-electron chi connectivity index (χ4n) is 1.87. The van der Waals surface area contributed by atoms with E-state index < -0.39 is 49.1 Å². The van der Waals surface area contributed by atoms with Gasteiger partial charge in [-0.25, -0.2) is 0 Å². The average Bonchev–Trinajstić information content (AvgIpc) is 2.29. The van der Waals surface area contributed by atoms with Crippen molar-refractivity contribution in [1.82, 2.24) is 0 Å². The van der Waals surface area contributed by atoms with E-state index in [1.165, 1.54) is 0 Å². The van der Waals surface area contributed by atoms with Gasteiger partial charge in [-0.1, -0.05) is 0 Å². The summed E-state index contributed by atoms with van der Waals surface area (Å²) in [4.78, 5) is 22.3. The second-order valence-corrected chi connectivity index (χ2v) is 20.6. The number of carbonyl (C=O) groups excluding carboxylic acids is 2. The molecule has 0 fully saturated rings. The van der Waals surface area contributed by atoms with E-state index in [9.17, 15) is 9.59 Å². The molecule has 0 aliphatic rings. The van der Waals surface area contributed by atoms with Crippen molar-refractivity contribution < 1.29 is 68.2 Å². The summed E-state index contributed by atoms with van der Waals surface area (Å²) in [6.07, 6.45) is 0.111. The Balaban J connectivity index is 4.42. The van der Waals surface area contributed by atoms with Gasteiger partial charge in [0.05, 0.1) is 0 Å². The fraction of sp³-hybridized carbons (Fsp3) is 0.833. The Labute approximate surface area is 134 Å². The molecule has 0 aromatic rings. The van der Waals surface area contributed by atoms with Gasteiger partial charge < -0.3 is 0 Å². The first-order valence-electron chi connectivity index (χ1n) is 6.73. The molecule has 2 unspecified atom stereocenters. The molecule has 18 heavy (non-hydrogen) atoms. The molecule has 0 aromatic heterocycles. The zero-order valence-corrected chi connectivity index (χ0v) is 23.0. The van der Waals surface area contributed by atoms with Gasteiger partial charge in [0.15, 0.2) is 0 Å². The monoisotopic (exact) mass is 634 g/mol. The molecule has 0 N–H and O–H groups in total. The van der Waals surface area contributed by atoms with Crippen LogP contribution in [0.1, 0.15) is 27.7 Å². The number of carbonyl (C=O) groups is 2. The Kier molecular flexibility index (Phi) is 12.7. The molecule has 0 aliphatic heterocycles. The first-order chi connectivity index (χ1) is 8.51. The molecule has 0 saturated heterocycles. The molecule has 0 amide bonds. The van der Waals surface area contributed by atoms with E-state index in [0.717, 1.165) is 7.86 Å². The van der Waals surface area contributed by atoms with Gasteiger partial charge in [-0.15, -0.1) is 0 Å². The van der Waals surface area contributed by atoms with Crippen LogP contribution >= 0.6 is 0 Å². The van der Waals surface area contributed by atoms with E-state index in [-0.39, 0.29) is 12.2 Å². The molecule has 0 heterocycles. The van der Waals surface area contributed by atoms with Crippen LogP contribution in [0.15, 0.2) is 0 Å². The Bertz CT molecular complexity index is 232. The molecule has 2 atom stereocenters. The number of hydrogen-bond acceptors (Lipinski definition) is 4. The van der Waals surface area contributed by atoms with E-state index in [1.54, 1.807) is 13.8 Å². The minimum atomic E-state index is -1.47. The molecular weight excluding hydrogens is 609 g/mol. The molecule has 0 spiro atoms. The van der Waals surface area contributed by atoms with E-state index in [2.05, 4.69) is 0 Å². The van der Waals surface area contributed by atoms with Crippen molar-refractivity contribution in [2.45, 2.75) is 47.8 Å². The van der Waals surface area contributed by atoms with Crippen molar-refractivity contribution >= 4 is 6.58 Å². The second-order valence-electron chi connectivity index (χ2n) is 4.47. The zero-order chi connectivity index (χ0) is 14.0. The minimum absolute atomic E-state index is 0.0554. The summed E-state index contributed by atoms with van der Waals surface area (Å²) < 4.78 is 14.1. The fourth-order valence-corrected chi connectivity index (χ4v) is 11.4. The molecule has 0 aliphatic carbocycles. The third-order valence-electron chi connectivity index (χ3n) is 2.74. The van der Waals surface area contributed by atoms with Crippen molar-refractivity contribution in [1.29, 1.82) is 0 Å². The molecule has 0 bridgehead atoms. The van der Waals surface area contributed by atoms with E-state index in [1.807, 2.05) is 13.8 Å². The quantitative estimate of drug-likeness (QED) is 0.327. The van der Waals surface area contributed by atoms with Crippen LogP contribution in [-0.2, 0) is 68.2 Å².